The second-order valence-electron chi connectivity index (χ2n) is 8.54. The third-order valence-electron chi connectivity index (χ3n) is 6.53. The van der Waals surface area contributed by atoms with Crippen molar-refractivity contribution in [2.24, 2.45) is 0 Å². The van der Waals surface area contributed by atoms with Gasteiger partial charge in [-0.2, -0.15) is 0 Å². The predicted molar refractivity (Wildman–Crippen MR) is 128 cm³/mol. The molecule has 0 saturated carbocycles. The van der Waals surface area contributed by atoms with Crippen LogP contribution in [0, 0.1) is 5.82 Å². The fourth-order valence-corrected chi connectivity index (χ4v) is 4.70. The van der Waals surface area contributed by atoms with Crippen molar-refractivity contribution in [3.8, 4) is 11.5 Å². The van der Waals surface area contributed by atoms with Crippen LogP contribution in [0.3, 0.4) is 0 Å². The third-order valence-corrected chi connectivity index (χ3v) is 6.53. The number of carbonyl (C=O) groups is 1. The number of ether oxygens (including phenoxy) is 3. The molecule has 0 bridgehead atoms. The number of carboxylic acid groups (broad SMARTS) is 1. The van der Waals surface area contributed by atoms with E-state index in [0.29, 0.717) is 37.8 Å². The van der Waals surface area contributed by atoms with Crippen molar-refractivity contribution in [3.05, 3.63) is 59.5 Å². The first-order chi connectivity index (χ1) is 16.5. The lowest BCUT2D eigenvalue weighted by atomic mass is 9.89. The maximum atomic E-state index is 14.8. The van der Waals surface area contributed by atoms with Crippen LogP contribution < -0.4 is 9.47 Å². The van der Waals surface area contributed by atoms with Gasteiger partial charge in [-0.05, 0) is 61.7 Å². The number of benzene rings is 2. The summed E-state index contributed by atoms with van der Waals surface area (Å²) >= 11 is 0. The minimum atomic E-state index is -1.03. The van der Waals surface area contributed by atoms with Gasteiger partial charge in [-0.1, -0.05) is 6.07 Å². The Morgan fingerprint density at radius 3 is 2.62 bits per heavy atom. The van der Waals surface area contributed by atoms with Gasteiger partial charge >= 0.3 is 5.97 Å². The molecule has 34 heavy (non-hydrogen) atoms. The van der Waals surface area contributed by atoms with Gasteiger partial charge in [-0.3, -0.25) is 4.90 Å². The molecule has 0 radical (unpaired) electrons. The average Bonchev–Trinajstić information content (AvgIpc) is 3.22. The van der Waals surface area contributed by atoms with Crippen LogP contribution in [0.25, 0.3) is 10.9 Å². The first kappa shape index (κ1) is 24.0. The molecule has 0 spiro atoms. The van der Waals surface area contributed by atoms with E-state index >= 15 is 0 Å². The van der Waals surface area contributed by atoms with Gasteiger partial charge in [-0.15, -0.1) is 0 Å². The molecule has 1 saturated heterocycles. The van der Waals surface area contributed by atoms with Crippen LogP contribution in [0.4, 0.5) is 4.39 Å². The molecule has 1 aliphatic rings. The van der Waals surface area contributed by atoms with Crippen LogP contribution in [0.1, 0.15) is 34.7 Å². The average molecular weight is 471 g/mol. The lowest BCUT2D eigenvalue weighted by Gasteiger charge is -2.31. The van der Waals surface area contributed by atoms with E-state index in [9.17, 15) is 14.3 Å². The first-order valence-corrected chi connectivity index (χ1v) is 11.5. The Morgan fingerprint density at radius 1 is 1.12 bits per heavy atom. The molecular formula is C26H31FN2O5. The molecule has 7 nitrogen and oxygen atoms in total. The second kappa shape index (κ2) is 10.9. The maximum Gasteiger partial charge on any atom is 0.339 e. The molecule has 2 aromatic carbocycles. The molecule has 8 heteroatoms. The van der Waals surface area contributed by atoms with Gasteiger partial charge in [0.05, 0.1) is 19.2 Å². The van der Waals surface area contributed by atoms with E-state index in [1.54, 1.807) is 25.3 Å². The summed E-state index contributed by atoms with van der Waals surface area (Å²) in [6.07, 6.45) is 3.95. The molecule has 1 fully saturated rings. The largest absolute Gasteiger partial charge is 0.497 e. The minimum absolute atomic E-state index is 0.117. The number of halogens is 1. The van der Waals surface area contributed by atoms with Crippen LogP contribution in [0.15, 0.2) is 42.6 Å². The van der Waals surface area contributed by atoms with Gasteiger partial charge in [0.15, 0.2) is 0 Å². The minimum Gasteiger partial charge on any atom is -0.497 e. The number of aromatic carboxylic acids is 1. The number of nitrogens with zero attached hydrogens (tertiary/aromatic N) is 2. The number of piperidine rings is 1. The third kappa shape index (κ3) is 5.18. The smallest absolute Gasteiger partial charge is 0.339 e. The Kier molecular flexibility index (Phi) is 7.70. The van der Waals surface area contributed by atoms with E-state index in [2.05, 4.69) is 15.7 Å². The van der Waals surface area contributed by atoms with Gasteiger partial charge < -0.3 is 23.9 Å². The van der Waals surface area contributed by atoms with Crippen LogP contribution in [0.5, 0.6) is 11.5 Å². The number of hydrogen-bond acceptors (Lipinski definition) is 5. The van der Waals surface area contributed by atoms with Crippen LogP contribution in [-0.2, 0) is 11.3 Å². The number of rotatable bonds is 10. The second-order valence-corrected chi connectivity index (χ2v) is 8.54. The summed E-state index contributed by atoms with van der Waals surface area (Å²) in [7, 11) is 3.20. The molecule has 0 unspecified atom stereocenters. The molecule has 0 aliphatic carbocycles. The summed E-state index contributed by atoms with van der Waals surface area (Å²) in [6, 6.07) is 9.95. The molecule has 2 heterocycles. The van der Waals surface area contributed by atoms with Gasteiger partial charge in [-0.25, -0.2) is 9.18 Å². The summed E-state index contributed by atoms with van der Waals surface area (Å²) in [6.45, 7) is 4.08. The standard InChI is InChI=1S/C26H31FN2O5/c1-32-14-13-29-17-21(25-22(27)4-3-5-23(25)29)18-8-10-28(11-9-18)12-15-34-24-16-19(33-2)6-7-20(24)26(30)31/h3-7,16-18H,8-15H2,1-2H3,(H,30,31). The van der Waals surface area contributed by atoms with Crippen molar-refractivity contribution in [1.82, 2.24) is 9.47 Å². The zero-order chi connectivity index (χ0) is 24.1. The van der Waals surface area contributed by atoms with Gasteiger partial charge in [0.2, 0.25) is 0 Å². The molecule has 182 valence electrons. The SMILES string of the molecule is COCCn1cc(C2CCN(CCOc3cc(OC)ccc3C(=O)O)CC2)c2c(F)cccc21. The molecule has 0 amide bonds. The van der Waals surface area contributed by atoms with Crippen LogP contribution >= 0.6 is 0 Å². The van der Waals surface area contributed by atoms with Gasteiger partial charge in [0.25, 0.3) is 0 Å². The molecule has 1 N–H and O–H groups in total. The fraction of sp³-hybridized carbons (Fsp3) is 0.423. The van der Waals surface area contributed by atoms with Crippen LogP contribution in [-0.4, -0.2) is 67.6 Å². The van der Waals surface area contributed by atoms with Gasteiger partial charge in [0, 0.05) is 37.8 Å². The van der Waals surface area contributed by atoms with Gasteiger partial charge in [0.1, 0.15) is 29.5 Å². The number of aromatic nitrogens is 1. The normalized spacial score (nSPS) is 15.0. The Labute approximate surface area is 198 Å². The maximum absolute atomic E-state index is 14.8. The summed E-state index contributed by atoms with van der Waals surface area (Å²) < 4.78 is 33.1. The highest BCUT2D eigenvalue weighted by Crippen LogP contribution is 2.36. The highest BCUT2D eigenvalue weighted by molar-refractivity contribution is 5.91. The number of hydrogen-bond donors (Lipinski definition) is 1. The summed E-state index contributed by atoms with van der Waals surface area (Å²) in [4.78, 5) is 13.8. The van der Waals surface area contributed by atoms with Crippen molar-refractivity contribution < 1.29 is 28.5 Å². The lowest BCUT2D eigenvalue weighted by Crippen LogP contribution is -2.36. The van der Waals surface area contributed by atoms with Crippen molar-refractivity contribution in [2.75, 3.05) is 47.1 Å². The Morgan fingerprint density at radius 2 is 1.91 bits per heavy atom. The Bertz CT molecular complexity index is 1140. The quantitative estimate of drug-likeness (QED) is 0.474. The highest BCUT2D eigenvalue weighted by atomic mass is 19.1. The highest BCUT2D eigenvalue weighted by Gasteiger charge is 2.25. The summed E-state index contributed by atoms with van der Waals surface area (Å²) in [5.41, 5.74) is 2.10. The van der Waals surface area contributed by atoms with E-state index in [4.69, 9.17) is 14.2 Å². The molecule has 3 aromatic rings. The van der Waals surface area contributed by atoms with E-state index < -0.39 is 5.97 Å². The van der Waals surface area contributed by atoms with Crippen molar-refractivity contribution in [1.29, 1.82) is 0 Å². The van der Waals surface area contributed by atoms with Crippen molar-refractivity contribution in [2.45, 2.75) is 25.3 Å². The molecular weight excluding hydrogens is 439 g/mol. The monoisotopic (exact) mass is 470 g/mol. The molecule has 1 aliphatic heterocycles. The predicted octanol–water partition coefficient (Wildman–Crippen LogP) is 4.39. The zero-order valence-corrected chi connectivity index (χ0v) is 19.6. The summed E-state index contributed by atoms with van der Waals surface area (Å²) in [5, 5.41) is 10.1. The number of methoxy groups -OCH3 is 2. The van der Waals surface area contributed by atoms with Crippen molar-refractivity contribution in [3.63, 3.8) is 0 Å². The number of fused-ring (bicyclic) bond motifs is 1. The zero-order valence-electron chi connectivity index (χ0n) is 19.6. The summed E-state index contributed by atoms with van der Waals surface area (Å²) in [5.74, 6) is -0.0569. The first-order valence-electron chi connectivity index (χ1n) is 11.5. The van der Waals surface area contributed by atoms with E-state index in [1.165, 1.54) is 19.2 Å². The van der Waals surface area contributed by atoms with E-state index in [1.807, 2.05) is 6.07 Å². The number of likely N-dealkylation sites (tertiary alicyclic amines) is 1. The number of carboxylic acids is 1. The Balaban J connectivity index is 1.37. The van der Waals surface area contributed by atoms with E-state index in [0.717, 1.165) is 42.4 Å². The molecule has 4 rings (SSSR count). The topological polar surface area (TPSA) is 73.2 Å². The van der Waals surface area contributed by atoms with Crippen LogP contribution in [0.2, 0.25) is 0 Å². The molecule has 0 atom stereocenters. The lowest BCUT2D eigenvalue weighted by molar-refractivity contribution is 0.0691. The van der Waals surface area contributed by atoms with Crippen molar-refractivity contribution >= 4 is 16.9 Å². The van der Waals surface area contributed by atoms with E-state index in [-0.39, 0.29) is 17.3 Å². The fourth-order valence-electron chi connectivity index (χ4n) is 4.70. The Hall–Kier alpha value is -3.10. The molecule has 1 aromatic heterocycles.